The highest BCUT2D eigenvalue weighted by atomic mass is 32.1. The van der Waals surface area contributed by atoms with Crippen LogP contribution in [-0.2, 0) is 11.3 Å². The van der Waals surface area contributed by atoms with Gasteiger partial charge in [-0.1, -0.05) is 35.9 Å². The molecular formula is C25H25N5O2S. The molecule has 2 N–H and O–H groups in total. The molecule has 0 saturated carbocycles. The number of aromatic nitrogens is 3. The van der Waals surface area contributed by atoms with Crippen LogP contribution < -0.4 is 15.8 Å². The minimum atomic E-state index is -0.157. The van der Waals surface area contributed by atoms with E-state index < -0.39 is 0 Å². The normalized spacial score (nSPS) is 16.2. The molecule has 0 unspecified atom stereocenters. The fourth-order valence-corrected chi connectivity index (χ4v) is 5.13. The lowest BCUT2D eigenvalue weighted by Gasteiger charge is -2.32. The van der Waals surface area contributed by atoms with E-state index in [2.05, 4.69) is 46.5 Å². The summed E-state index contributed by atoms with van der Waals surface area (Å²) < 4.78 is 0.622. The molecule has 33 heavy (non-hydrogen) atoms. The summed E-state index contributed by atoms with van der Waals surface area (Å²) in [5.74, 6) is 0.391. The number of piperidine rings is 1. The van der Waals surface area contributed by atoms with Crippen LogP contribution >= 0.6 is 11.3 Å². The van der Waals surface area contributed by atoms with Gasteiger partial charge in [0.15, 0.2) is 0 Å². The highest BCUT2D eigenvalue weighted by Crippen LogP contribution is 2.32. The number of hydrogen-bond acceptors (Lipinski definition) is 6. The first-order chi connectivity index (χ1) is 16.1. The second kappa shape index (κ2) is 9.15. The molecular weight excluding hydrogens is 434 g/mol. The average Bonchev–Trinajstić information content (AvgIpc) is 3.28. The number of carbonyl (C=O) groups is 1. The first kappa shape index (κ1) is 21.3. The Morgan fingerprint density at radius 1 is 1.27 bits per heavy atom. The van der Waals surface area contributed by atoms with Crippen molar-refractivity contribution in [2.24, 2.45) is 5.92 Å². The predicted octanol–water partition coefficient (Wildman–Crippen LogP) is 3.89. The third kappa shape index (κ3) is 4.52. The van der Waals surface area contributed by atoms with Crippen LogP contribution in [0.4, 0.5) is 5.95 Å². The molecule has 1 amide bonds. The van der Waals surface area contributed by atoms with Gasteiger partial charge in [0.1, 0.15) is 4.70 Å². The molecule has 7 nitrogen and oxygen atoms in total. The Kier molecular flexibility index (Phi) is 5.92. The van der Waals surface area contributed by atoms with E-state index in [0.717, 1.165) is 36.1 Å². The SMILES string of the molecule is Cc1ccc(-c2csc3c(=O)[nH]c(N4CCC[C@H](C(=O)NCc5cccnc5)C4)nc23)cc1. The van der Waals surface area contributed by atoms with Crippen LogP contribution in [0.2, 0.25) is 0 Å². The number of H-pyrrole nitrogens is 1. The Labute approximate surface area is 195 Å². The Hall–Kier alpha value is -3.52. The number of hydrogen-bond donors (Lipinski definition) is 2. The van der Waals surface area contributed by atoms with E-state index in [1.165, 1.54) is 16.9 Å². The maximum Gasteiger partial charge on any atom is 0.270 e. The zero-order valence-electron chi connectivity index (χ0n) is 18.4. The minimum absolute atomic E-state index is 0.0165. The molecule has 3 aromatic heterocycles. The predicted molar refractivity (Wildman–Crippen MR) is 131 cm³/mol. The minimum Gasteiger partial charge on any atom is -0.352 e. The van der Waals surface area contributed by atoms with Crippen LogP contribution in [0.15, 0.2) is 59.0 Å². The van der Waals surface area contributed by atoms with Crippen molar-refractivity contribution in [3.05, 3.63) is 75.7 Å². The molecule has 1 aliphatic rings. The molecule has 0 bridgehead atoms. The Balaban J connectivity index is 1.37. The molecule has 0 aliphatic carbocycles. The fraction of sp³-hybridized carbons (Fsp3) is 0.280. The Morgan fingerprint density at radius 2 is 2.12 bits per heavy atom. The first-order valence-electron chi connectivity index (χ1n) is 11.1. The van der Waals surface area contributed by atoms with Crippen LogP contribution in [0.25, 0.3) is 21.3 Å². The van der Waals surface area contributed by atoms with Gasteiger partial charge in [-0.05, 0) is 37.0 Å². The van der Waals surface area contributed by atoms with Gasteiger partial charge in [-0.15, -0.1) is 11.3 Å². The van der Waals surface area contributed by atoms with Crippen molar-refractivity contribution in [1.82, 2.24) is 20.3 Å². The second-order valence-corrected chi connectivity index (χ2v) is 9.33. The molecule has 1 aliphatic heterocycles. The van der Waals surface area contributed by atoms with Crippen molar-refractivity contribution < 1.29 is 4.79 Å². The largest absolute Gasteiger partial charge is 0.352 e. The Morgan fingerprint density at radius 3 is 2.91 bits per heavy atom. The summed E-state index contributed by atoms with van der Waals surface area (Å²) in [6.07, 6.45) is 5.15. The summed E-state index contributed by atoms with van der Waals surface area (Å²) >= 11 is 1.41. The third-order valence-electron chi connectivity index (χ3n) is 6.06. The molecule has 1 atom stereocenters. The molecule has 4 aromatic rings. The molecule has 8 heteroatoms. The van der Waals surface area contributed by atoms with E-state index in [1.807, 2.05) is 22.4 Å². The molecule has 5 rings (SSSR count). The number of pyridine rings is 1. The van der Waals surface area contributed by atoms with E-state index in [9.17, 15) is 9.59 Å². The van der Waals surface area contributed by atoms with Crippen molar-refractivity contribution in [3.8, 4) is 11.1 Å². The lowest BCUT2D eigenvalue weighted by atomic mass is 9.97. The van der Waals surface area contributed by atoms with E-state index in [-0.39, 0.29) is 17.4 Å². The summed E-state index contributed by atoms with van der Waals surface area (Å²) in [4.78, 5) is 39.5. The van der Waals surface area contributed by atoms with Gasteiger partial charge in [-0.3, -0.25) is 19.6 Å². The maximum absolute atomic E-state index is 12.8. The zero-order valence-corrected chi connectivity index (χ0v) is 19.2. The summed E-state index contributed by atoms with van der Waals surface area (Å²) in [5.41, 5.74) is 4.74. The molecule has 0 spiro atoms. The van der Waals surface area contributed by atoms with Crippen LogP contribution in [0.1, 0.15) is 24.0 Å². The average molecular weight is 460 g/mol. The van der Waals surface area contributed by atoms with Gasteiger partial charge in [0.25, 0.3) is 5.56 Å². The standard InChI is InChI=1S/C25H25N5O2S/c1-16-6-8-18(9-7-16)20-15-33-22-21(20)28-25(29-24(22)32)30-11-3-5-19(14-30)23(31)27-13-17-4-2-10-26-12-17/h2,4,6-10,12,15,19H,3,5,11,13-14H2,1H3,(H,27,31)(H,28,29,32)/t19-/m0/s1. The molecule has 1 aromatic carbocycles. The van der Waals surface area contributed by atoms with Gasteiger partial charge in [0, 0.05) is 43.0 Å². The highest BCUT2D eigenvalue weighted by molar-refractivity contribution is 7.17. The number of nitrogens with one attached hydrogen (secondary N) is 2. The number of amides is 1. The zero-order chi connectivity index (χ0) is 22.8. The molecule has 4 heterocycles. The summed E-state index contributed by atoms with van der Waals surface area (Å²) in [7, 11) is 0. The molecule has 0 radical (unpaired) electrons. The maximum atomic E-state index is 12.8. The van der Waals surface area contributed by atoms with E-state index in [0.29, 0.717) is 29.3 Å². The summed E-state index contributed by atoms with van der Waals surface area (Å²) in [6, 6.07) is 12.0. The number of anilines is 1. The number of aromatic amines is 1. The smallest absolute Gasteiger partial charge is 0.270 e. The van der Waals surface area contributed by atoms with Gasteiger partial charge in [-0.25, -0.2) is 4.98 Å². The molecule has 168 valence electrons. The van der Waals surface area contributed by atoms with E-state index in [4.69, 9.17) is 4.98 Å². The number of nitrogens with zero attached hydrogens (tertiary/aromatic N) is 3. The van der Waals surface area contributed by atoms with Gasteiger partial charge < -0.3 is 10.2 Å². The van der Waals surface area contributed by atoms with Crippen molar-refractivity contribution in [2.75, 3.05) is 18.0 Å². The Bertz CT molecular complexity index is 1330. The van der Waals surface area contributed by atoms with Crippen LogP contribution in [0.5, 0.6) is 0 Å². The number of thiophene rings is 1. The number of rotatable bonds is 5. The molecule has 1 fully saturated rings. The summed E-state index contributed by atoms with van der Waals surface area (Å²) in [5, 5.41) is 5.01. The third-order valence-corrected chi connectivity index (χ3v) is 7.03. The summed E-state index contributed by atoms with van der Waals surface area (Å²) in [6.45, 7) is 3.79. The lowest BCUT2D eigenvalue weighted by Crippen LogP contribution is -2.44. The van der Waals surface area contributed by atoms with Crippen molar-refractivity contribution in [3.63, 3.8) is 0 Å². The fourth-order valence-electron chi connectivity index (χ4n) is 4.22. The van der Waals surface area contributed by atoms with E-state index in [1.54, 1.807) is 12.4 Å². The quantitative estimate of drug-likeness (QED) is 0.473. The number of fused-ring (bicyclic) bond motifs is 1. The van der Waals surface area contributed by atoms with Gasteiger partial charge >= 0.3 is 0 Å². The van der Waals surface area contributed by atoms with E-state index >= 15 is 0 Å². The number of aryl methyl sites for hydroxylation is 1. The van der Waals surface area contributed by atoms with Gasteiger partial charge in [-0.2, -0.15) is 0 Å². The van der Waals surface area contributed by atoms with Gasteiger partial charge in [0.2, 0.25) is 11.9 Å². The number of carbonyl (C=O) groups excluding carboxylic acids is 1. The van der Waals surface area contributed by atoms with Crippen molar-refractivity contribution in [2.45, 2.75) is 26.3 Å². The van der Waals surface area contributed by atoms with Crippen molar-refractivity contribution in [1.29, 1.82) is 0 Å². The highest BCUT2D eigenvalue weighted by Gasteiger charge is 2.27. The van der Waals surface area contributed by atoms with Crippen LogP contribution in [0, 0.1) is 12.8 Å². The first-order valence-corrected chi connectivity index (χ1v) is 12.0. The van der Waals surface area contributed by atoms with Crippen molar-refractivity contribution >= 4 is 33.4 Å². The lowest BCUT2D eigenvalue weighted by molar-refractivity contribution is -0.125. The number of benzene rings is 1. The topological polar surface area (TPSA) is 91.0 Å². The molecule has 1 saturated heterocycles. The van der Waals surface area contributed by atoms with Gasteiger partial charge in [0.05, 0.1) is 11.4 Å². The second-order valence-electron chi connectivity index (χ2n) is 8.45. The van der Waals surface area contributed by atoms with Crippen LogP contribution in [0.3, 0.4) is 0 Å². The monoisotopic (exact) mass is 459 g/mol. The van der Waals surface area contributed by atoms with Crippen LogP contribution in [-0.4, -0.2) is 33.9 Å².